The van der Waals surface area contributed by atoms with E-state index in [-0.39, 0.29) is 11.3 Å². The van der Waals surface area contributed by atoms with Crippen molar-refractivity contribution in [2.45, 2.75) is 6.92 Å². The number of rotatable bonds is 8. The summed E-state index contributed by atoms with van der Waals surface area (Å²) in [6.45, 7) is 3.50. The Hall–Kier alpha value is -2.86. The van der Waals surface area contributed by atoms with Crippen LogP contribution in [-0.2, 0) is 4.74 Å². The average Bonchev–Trinajstić information content (AvgIpc) is 2.59. The second-order valence-corrected chi connectivity index (χ2v) is 4.79. The molecule has 0 unspecified atom stereocenters. The van der Waals surface area contributed by atoms with Crippen molar-refractivity contribution < 1.29 is 28.9 Å². The maximum absolute atomic E-state index is 12.0. The fourth-order valence-electron chi connectivity index (χ4n) is 1.88. The molecule has 0 heterocycles. The first-order valence-corrected chi connectivity index (χ1v) is 7.46. The van der Waals surface area contributed by atoms with Gasteiger partial charge < -0.3 is 19.3 Å². The molecule has 0 fully saturated rings. The second-order valence-electron chi connectivity index (χ2n) is 4.79. The van der Waals surface area contributed by atoms with Gasteiger partial charge in [0.25, 0.3) is 0 Å². The molecule has 0 amide bonds. The molecule has 0 saturated carbocycles. The van der Waals surface area contributed by atoms with Crippen LogP contribution in [0.25, 0.3) is 0 Å². The van der Waals surface area contributed by atoms with E-state index < -0.39 is 11.9 Å². The molecular weight excluding hydrogens is 312 g/mol. The van der Waals surface area contributed by atoms with Gasteiger partial charge in [-0.15, -0.1) is 0 Å². The van der Waals surface area contributed by atoms with Crippen LogP contribution in [0.5, 0.6) is 11.5 Å². The summed E-state index contributed by atoms with van der Waals surface area (Å²) in [6.07, 6.45) is 0. The van der Waals surface area contributed by atoms with Gasteiger partial charge >= 0.3 is 11.9 Å². The first-order chi connectivity index (χ1) is 11.6. The predicted molar refractivity (Wildman–Crippen MR) is 86.8 cm³/mol. The lowest BCUT2D eigenvalue weighted by atomic mass is 10.2. The first-order valence-electron chi connectivity index (χ1n) is 7.46. The zero-order chi connectivity index (χ0) is 17.4. The number of carboxylic acid groups (broad SMARTS) is 1. The monoisotopic (exact) mass is 330 g/mol. The molecule has 0 aromatic heterocycles. The molecule has 6 nitrogen and oxygen atoms in total. The molecule has 0 aliphatic rings. The lowest BCUT2D eigenvalue weighted by Crippen LogP contribution is -2.09. The Balaban J connectivity index is 1.91. The Morgan fingerprint density at radius 3 is 2.04 bits per heavy atom. The summed E-state index contributed by atoms with van der Waals surface area (Å²) in [7, 11) is 0. The van der Waals surface area contributed by atoms with Crippen LogP contribution in [-0.4, -0.2) is 36.9 Å². The van der Waals surface area contributed by atoms with Crippen molar-refractivity contribution in [3.8, 4) is 11.5 Å². The third kappa shape index (κ3) is 5.10. The number of hydrogen-bond acceptors (Lipinski definition) is 5. The molecule has 6 heteroatoms. The number of aromatic carboxylic acids is 1. The summed E-state index contributed by atoms with van der Waals surface area (Å²) in [5.41, 5.74) is 0.498. The molecule has 0 spiro atoms. The van der Waals surface area contributed by atoms with E-state index in [0.717, 1.165) is 0 Å². The third-order valence-corrected chi connectivity index (χ3v) is 3.10. The Morgan fingerprint density at radius 2 is 1.46 bits per heavy atom. The quantitative estimate of drug-likeness (QED) is 0.455. The van der Waals surface area contributed by atoms with Gasteiger partial charge in [0, 0.05) is 6.61 Å². The second kappa shape index (κ2) is 8.69. The number of esters is 1. The van der Waals surface area contributed by atoms with Crippen LogP contribution in [0.3, 0.4) is 0 Å². The van der Waals surface area contributed by atoms with Crippen LogP contribution in [0.4, 0.5) is 0 Å². The van der Waals surface area contributed by atoms with E-state index in [1.807, 2.05) is 6.92 Å². The minimum Gasteiger partial charge on any atom is -0.491 e. The van der Waals surface area contributed by atoms with Crippen LogP contribution >= 0.6 is 0 Å². The normalized spacial score (nSPS) is 10.2. The topological polar surface area (TPSA) is 82.1 Å². The van der Waals surface area contributed by atoms with E-state index in [0.29, 0.717) is 31.1 Å². The van der Waals surface area contributed by atoms with Gasteiger partial charge in [0.05, 0.1) is 17.7 Å². The number of ether oxygens (including phenoxy) is 3. The molecule has 126 valence electrons. The number of carboxylic acids is 1. The van der Waals surface area contributed by atoms with Crippen LogP contribution < -0.4 is 9.47 Å². The molecule has 1 N–H and O–H groups in total. The van der Waals surface area contributed by atoms with E-state index >= 15 is 0 Å². The Labute approximate surface area is 139 Å². The molecule has 2 aromatic carbocycles. The predicted octanol–water partition coefficient (Wildman–Crippen LogP) is 3.02. The zero-order valence-corrected chi connectivity index (χ0v) is 13.2. The van der Waals surface area contributed by atoms with Crippen LogP contribution in [0, 0.1) is 0 Å². The first kappa shape index (κ1) is 17.5. The highest BCUT2D eigenvalue weighted by Crippen LogP contribution is 2.16. The highest BCUT2D eigenvalue weighted by molar-refractivity contribution is 5.91. The lowest BCUT2D eigenvalue weighted by molar-refractivity contribution is 0.0696. The average molecular weight is 330 g/mol. The van der Waals surface area contributed by atoms with Crippen LogP contribution in [0.1, 0.15) is 27.6 Å². The summed E-state index contributed by atoms with van der Waals surface area (Å²) < 4.78 is 15.8. The van der Waals surface area contributed by atoms with E-state index in [1.54, 1.807) is 24.3 Å². The highest BCUT2D eigenvalue weighted by atomic mass is 16.5. The maximum atomic E-state index is 12.0. The zero-order valence-electron chi connectivity index (χ0n) is 13.2. The van der Waals surface area contributed by atoms with Gasteiger partial charge in [-0.25, -0.2) is 9.59 Å². The van der Waals surface area contributed by atoms with Crippen LogP contribution in [0.15, 0.2) is 48.5 Å². The SMILES string of the molecule is CCOCCOc1ccc(C(=O)Oc2ccc(C(=O)O)cc2)cc1. The maximum Gasteiger partial charge on any atom is 0.343 e. The molecule has 2 aromatic rings. The Kier molecular flexibility index (Phi) is 6.33. The van der Waals surface area contributed by atoms with Gasteiger partial charge in [-0.05, 0) is 55.5 Å². The molecule has 0 aliphatic heterocycles. The van der Waals surface area contributed by atoms with E-state index in [1.165, 1.54) is 24.3 Å². The fourth-order valence-corrected chi connectivity index (χ4v) is 1.88. The standard InChI is InChI=1S/C18H18O6/c1-2-22-11-12-23-15-7-5-14(6-8-15)18(21)24-16-9-3-13(4-10-16)17(19)20/h3-10H,2,11-12H2,1H3,(H,19,20). The number of carbonyl (C=O) groups is 2. The van der Waals surface area contributed by atoms with Gasteiger partial charge in [0.1, 0.15) is 18.1 Å². The van der Waals surface area contributed by atoms with Crippen molar-refractivity contribution in [2.75, 3.05) is 19.8 Å². The summed E-state index contributed by atoms with van der Waals surface area (Å²) in [6, 6.07) is 12.2. The van der Waals surface area contributed by atoms with E-state index in [2.05, 4.69) is 0 Å². The van der Waals surface area contributed by atoms with Crippen molar-refractivity contribution in [1.82, 2.24) is 0 Å². The smallest absolute Gasteiger partial charge is 0.343 e. The van der Waals surface area contributed by atoms with Crippen molar-refractivity contribution in [3.05, 3.63) is 59.7 Å². The molecule has 0 saturated heterocycles. The third-order valence-electron chi connectivity index (χ3n) is 3.10. The van der Waals surface area contributed by atoms with Crippen molar-refractivity contribution >= 4 is 11.9 Å². The Bertz CT molecular complexity index is 676. The lowest BCUT2D eigenvalue weighted by Gasteiger charge is -2.07. The van der Waals surface area contributed by atoms with Gasteiger partial charge in [0.2, 0.25) is 0 Å². The van der Waals surface area contributed by atoms with Gasteiger partial charge in [0.15, 0.2) is 0 Å². The molecule has 2 rings (SSSR count). The summed E-state index contributed by atoms with van der Waals surface area (Å²) >= 11 is 0. The van der Waals surface area contributed by atoms with Crippen molar-refractivity contribution in [2.24, 2.45) is 0 Å². The molecule has 0 bridgehead atoms. The molecule has 0 atom stereocenters. The van der Waals surface area contributed by atoms with Crippen molar-refractivity contribution in [3.63, 3.8) is 0 Å². The summed E-state index contributed by atoms with van der Waals surface area (Å²) in [4.78, 5) is 22.8. The molecular formula is C18H18O6. The molecule has 0 aliphatic carbocycles. The summed E-state index contributed by atoms with van der Waals surface area (Å²) in [5, 5.41) is 8.83. The molecule has 0 radical (unpaired) electrons. The van der Waals surface area contributed by atoms with Gasteiger partial charge in [-0.3, -0.25) is 0 Å². The van der Waals surface area contributed by atoms with Crippen molar-refractivity contribution in [1.29, 1.82) is 0 Å². The minimum atomic E-state index is -1.03. The van der Waals surface area contributed by atoms with Crippen LogP contribution in [0.2, 0.25) is 0 Å². The summed E-state index contributed by atoms with van der Waals surface area (Å²) in [5.74, 6) is -0.647. The fraction of sp³-hybridized carbons (Fsp3) is 0.222. The Morgan fingerprint density at radius 1 is 0.875 bits per heavy atom. The van der Waals surface area contributed by atoms with E-state index in [4.69, 9.17) is 19.3 Å². The molecule has 24 heavy (non-hydrogen) atoms. The van der Waals surface area contributed by atoms with Gasteiger partial charge in [-0.2, -0.15) is 0 Å². The largest absolute Gasteiger partial charge is 0.491 e. The van der Waals surface area contributed by atoms with E-state index in [9.17, 15) is 9.59 Å². The highest BCUT2D eigenvalue weighted by Gasteiger charge is 2.10. The number of carbonyl (C=O) groups excluding carboxylic acids is 1. The number of hydrogen-bond donors (Lipinski definition) is 1. The van der Waals surface area contributed by atoms with Gasteiger partial charge in [-0.1, -0.05) is 0 Å². The number of benzene rings is 2. The minimum absolute atomic E-state index is 0.128.